The van der Waals surface area contributed by atoms with Crippen LogP contribution < -0.4 is 0 Å². The van der Waals surface area contributed by atoms with Gasteiger partial charge in [-0.2, -0.15) is 0 Å². The molecular weight excluding hydrogens is 244 g/mol. The molecule has 0 N–H and O–H groups in total. The normalized spacial score (nSPS) is 18.4. The van der Waals surface area contributed by atoms with Gasteiger partial charge in [-0.25, -0.2) is 0 Å². The number of rotatable bonds is 2. The van der Waals surface area contributed by atoms with Crippen LogP contribution in [0, 0.1) is 12.8 Å². The zero-order valence-corrected chi connectivity index (χ0v) is 11.9. The number of hydrogen-bond donors (Lipinski definition) is 0. The van der Waals surface area contributed by atoms with Crippen LogP contribution in [0.25, 0.3) is 0 Å². The summed E-state index contributed by atoms with van der Waals surface area (Å²) in [7, 11) is 0. The number of carbonyl (C=O) groups excluding carboxylic acids is 1. The largest absolute Gasteiger partial charge is 0.294 e. The lowest BCUT2D eigenvalue weighted by atomic mass is 9.89. The number of ketones is 1. The molecule has 1 aliphatic rings. The Labute approximate surface area is 120 Å². The fourth-order valence-corrected chi connectivity index (χ4v) is 3.19. The zero-order chi connectivity index (χ0) is 13.9. The first kappa shape index (κ1) is 13.1. The minimum atomic E-state index is 0.139. The smallest absolute Gasteiger partial charge is 0.166 e. The van der Waals surface area contributed by atoms with Gasteiger partial charge in [0.2, 0.25) is 0 Å². The van der Waals surface area contributed by atoms with Gasteiger partial charge in [0.25, 0.3) is 0 Å². The highest BCUT2D eigenvalue weighted by molar-refractivity contribution is 5.99. The molecule has 1 heteroatoms. The highest BCUT2D eigenvalue weighted by atomic mass is 16.1. The Hall–Kier alpha value is -1.89. The van der Waals surface area contributed by atoms with Crippen molar-refractivity contribution in [2.24, 2.45) is 5.92 Å². The SMILES string of the molecule is Cc1cccc(CC2CCCc3ccccc3C2=O)c1. The van der Waals surface area contributed by atoms with Gasteiger partial charge in [-0.05, 0) is 43.7 Å². The van der Waals surface area contributed by atoms with Gasteiger partial charge >= 0.3 is 0 Å². The first-order chi connectivity index (χ1) is 9.74. The average Bonchev–Trinajstić information content (AvgIpc) is 2.60. The molecule has 0 aromatic heterocycles. The molecule has 0 heterocycles. The molecule has 102 valence electrons. The van der Waals surface area contributed by atoms with Gasteiger partial charge in [0.05, 0.1) is 0 Å². The lowest BCUT2D eigenvalue weighted by Crippen LogP contribution is -2.16. The van der Waals surface area contributed by atoms with E-state index in [1.807, 2.05) is 18.2 Å². The first-order valence-electron chi connectivity index (χ1n) is 7.42. The van der Waals surface area contributed by atoms with Gasteiger partial charge in [-0.1, -0.05) is 54.1 Å². The van der Waals surface area contributed by atoms with E-state index in [1.165, 1.54) is 16.7 Å². The van der Waals surface area contributed by atoms with Gasteiger partial charge in [0.1, 0.15) is 0 Å². The minimum Gasteiger partial charge on any atom is -0.294 e. The van der Waals surface area contributed by atoms with Crippen LogP contribution in [-0.4, -0.2) is 5.78 Å². The van der Waals surface area contributed by atoms with Crippen LogP contribution in [0.3, 0.4) is 0 Å². The van der Waals surface area contributed by atoms with Crippen LogP contribution >= 0.6 is 0 Å². The molecule has 0 saturated heterocycles. The third kappa shape index (κ3) is 2.67. The number of benzene rings is 2. The molecule has 1 atom stereocenters. The van der Waals surface area contributed by atoms with Crippen LogP contribution in [0.2, 0.25) is 0 Å². The second kappa shape index (κ2) is 5.62. The number of hydrogen-bond acceptors (Lipinski definition) is 1. The molecule has 3 rings (SSSR count). The third-order valence-corrected chi connectivity index (χ3v) is 4.22. The minimum absolute atomic E-state index is 0.139. The Bertz CT molecular complexity index is 627. The Morgan fingerprint density at radius 3 is 2.80 bits per heavy atom. The first-order valence-corrected chi connectivity index (χ1v) is 7.42. The van der Waals surface area contributed by atoms with E-state index in [2.05, 4.69) is 37.3 Å². The van der Waals surface area contributed by atoms with Crippen molar-refractivity contribution in [1.82, 2.24) is 0 Å². The van der Waals surface area contributed by atoms with E-state index in [-0.39, 0.29) is 5.92 Å². The van der Waals surface area contributed by atoms with Crippen LogP contribution in [0.4, 0.5) is 0 Å². The van der Waals surface area contributed by atoms with E-state index in [1.54, 1.807) is 0 Å². The monoisotopic (exact) mass is 264 g/mol. The van der Waals surface area contributed by atoms with Gasteiger partial charge in [-0.15, -0.1) is 0 Å². The molecule has 0 amide bonds. The van der Waals surface area contributed by atoms with Crippen molar-refractivity contribution in [3.8, 4) is 0 Å². The topological polar surface area (TPSA) is 17.1 Å². The van der Waals surface area contributed by atoms with Crippen LogP contribution in [0.1, 0.15) is 39.9 Å². The maximum absolute atomic E-state index is 12.7. The molecule has 0 fully saturated rings. The second-order valence-corrected chi connectivity index (χ2v) is 5.80. The van der Waals surface area contributed by atoms with Gasteiger partial charge in [0, 0.05) is 11.5 Å². The molecule has 0 spiro atoms. The van der Waals surface area contributed by atoms with Crippen molar-refractivity contribution in [3.63, 3.8) is 0 Å². The molecule has 0 bridgehead atoms. The van der Waals surface area contributed by atoms with Crippen LogP contribution in [0.5, 0.6) is 0 Å². The molecule has 2 aromatic carbocycles. The molecule has 20 heavy (non-hydrogen) atoms. The van der Waals surface area contributed by atoms with Gasteiger partial charge in [0.15, 0.2) is 5.78 Å². The number of fused-ring (bicyclic) bond motifs is 1. The number of Topliss-reactive ketones (excluding diaryl/α,β-unsaturated/α-hetero) is 1. The fraction of sp³-hybridized carbons (Fsp3) is 0.316. The molecule has 0 saturated carbocycles. The summed E-state index contributed by atoms with van der Waals surface area (Å²) in [5.41, 5.74) is 4.72. The standard InChI is InChI=1S/C19H20O/c1-14-6-4-7-15(12-14)13-17-10-5-9-16-8-2-3-11-18(16)19(17)20/h2-4,6-8,11-12,17H,5,9-10,13H2,1H3. The molecule has 1 unspecified atom stereocenters. The van der Waals surface area contributed by atoms with E-state index in [4.69, 9.17) is 0 Å². The number of aryl methyl sites for hydroxylation is 2. The molecular formula is C19H20O. The second-order valence-electron chi connectivity index (χ2n) is 5.80. The quantitative estimate of drug-likeness (QED) is 0.736. The lowest BCUT2D eigenvalue weighted by molar-refractivity contribution is 0.0915. The van der Waals surface area contributed by atoms with Crippen molar-refractivity contribution in [2.45, 2.75) is 32.6 Å². The van der Waals surface area contributed by atoms with E-state index in [0.29, 0.717) is 5.78 Å². The maximum atomic E-state index is 12.7. The van der Waals surface area contributed by atoms with Crippen molar-refractivity contribution in [1.29, 1.82) is 0 Å². The van der Waals surface area contributed by atoms with Gasteiger partial charge < -0.3 is 0 Å². The molecule has 1 nitrogen and oxygen atoms in total. The molecule has 0 aliphatic heterocycles. The molecule has 2 aromatic rings. The van der Waals surface area contributed by atoms with Crippen molar-refractivity contribution in [3.05, 3.63) is 70.8 Å². The van der Waals surface area contributed by atoms with E-state index in [9.17, 15) is 4.79 Å². The van der Waals surface area contributed by atoms with Crippen molar-refractivity contribution in [2.75, 3.05) is 0 Å². The molecule has 1 aliphatic carbocycles. The molecule has 0 radical (unpaired) electrons. The summed E-state index contributed by atoms with van der Waals surface area (Å²) in [6.45, 7) is 2.10. The predicted molar refractivity (Wildman–Crippen MR) is 82.1 cm³/mol. The predicted octanol–water partition coefficient (Wildman–Crippen LogP) is 4.37. The summed E-state index contributed by atoms with van der Waals surface area (Å²) in [4.78, 5) is 12.7. The lowest BCUT2D eigenvalue weighted by Gasteiger charge is -2.14. The summed E-state index contributed by atoms with van der Waals surface area (Å²) >= 11 is 0. The van der Waals surface area contributed by atoms with Gasteiger partial charge in [-0.3, -0.25) is 4.79 Å². The van der Waals surface area contributed by atoms with Crippen molar-refractivity contribution < 1.29 is 4.79 Å². The van der Waals surface area contributed by atoms with Crippen molar-refractivity contribution >= 4 is 5.78 Å². The third-order valence-electron chi connectivity index (χ3n) is 4.22. The Balaban J connectivity index is 1.86. The van der Waals surface area contributed by atoms with E-state index >= 15 is 0 Å². The summed E-state index contributed by atoms with van der Waals surface area (Å²) < 4.78 is 0. The van der Waals surface area contributed by atoms with E-state index in [0.717, 1.165) is 31.2 Å². The van der Waals surface area contributed by atoms with Crippen LogP contribution in [0.15, 0.2) is 48.5 Å². The Morgan fingerprint density at radius 1 is 1.10 bits per heavy atom. The maximum Gasteiger partial charge on any atom is 0.166 e. The number of carbonyl (C=O) groups is 1. The van der Waals surface area contributed by atoms with Crippen LogP contribution in [-0.2, 0) is 12.8 Å². The highest BCUT2D eigenvalue weighted by Gasteiger charge is 2.25. The summed E-state index contributed by atoms with van der Waals surface area (Å²) in [6, 6.07) is 16.6. The Kier molecular flexibility index (Phi) is 3.68. The Morgan fingerprint density at radius 2 is 1.95 bits per heavy atom. The zero-order valence-electron chi connectivity index (χ0n) is 11.9. The van der Waals surface area contributed by atoms with E-state index < -0.39 is 0 Å². The summed E-state index contributed by atoms with van der Waals surface area (Å²) in [6.07, 6.45) is 4.02. The summed E-state index contributed by atoms with van der Waals surface area (Å²) in [5.74, 6) is 0.472. The summed E-state index contributed by atoms with van der Waals surface area (Å²) in [5, 5.41) is 0. The highest BCUT2D eigenvalue weighted by Crippen LogP contribution is 2.27. The fourth-order valence-electron chi connectivity index (χ4n) is 3.19. The average molecular weight is 264 g/mol.